The molecule has 0 radical (unpaired) electrons. The first-order chi connectivity index (χ1) is 19.9. The maximum absolute atomic E-state index is 11.3. The van der Waals surface area contributed by atoms with E-state index in [0.29, 0.717) is 18.7 Å². The third-order valence-corrected chi connectivity index (χ3v) is 5.42. The molecule has 0 aliphatic heterocycles. The zero-order chi connectivity index (χ0) is 33.0. The minimum atomic E-state index is -5.08. The Bertz CT molecular complexity index is 1310. The summed E-state index contributed by atoms with van der Waals surface area (Å²) in [5.41, 5.74) is 2.68. The number of carboxylic acids is 3. The summed E-state index contributed by atoms with van der Waals surface area (Å²) in [5.74, 6) is -5.95. The predicted molar refractivity (Wildman–Crippen MR) is 138 cm³/mol. The molecule has 0 saturated carbocycles. The number of hydrogen-bond donors (Lipinski definition) is 6. The number of ether oxygens (including phenoxy) is 1. The number of aromatic nitrogens is 2. The van der Waals surface area contributed by atoms with Gasteiger partial charge in [0.15, 0.2) is 6.10 Å². The molecule has 11 nitrogen and oxygen atoms in total. The van der Waals surface area contributed by atoms with Crippen molar-refractivity contribution in [2.45, 2.75) is 57.3 Å². The maximum Gasteiger partial charge on any atom is 0.490 e. The normalized spacial score (nSPS) is 13.4. The molecule has 0 aliphatic rings. The Morgan fingerprint density at radius 1 is 1.00 bits per heavy atom. The third-order valence-electron chi connectivity index (χ3n) is 5.42. The van der Waals surface area contributed by atoms with Gasteiger partial charge < -0.3 is 35.5 Å². The smallest absolute Gasteiger partial charge is 0.479 e. The average molecular weight is 626 g/mol. The molecule has 0 saturated heterocycles. The molecular weight excluding hydrogens is 596 g/mol. The van der Waals surface area contributed by atoms with E-state index >= 15 is 0 Å². The van der Waals surface area contributed by atoms with Crippen LogP contribution in [-0.4, -0.2) is 79.3 Å². The highest BCUT2D eigenvalue weighted by Gasteiger charge is 2.38. The molecule has 3 atom stereocenters. The molecule has 2 unspecified atom stereocenters. The molecule has 2 aromatic heterocycles. The monoisotopic (exact) mass is 625 g/mol. The average Bonchev–Trinajstić information content (AvgIpc) is 3.33. The fourth-order valence-electron chi connectivity index (χ4n) is 3.32. The van der Waals surface area contributed by atoms with Crippen LogP contribution in [0, 0.1) is 0 Å². The second-order valence-electron chi connectivity index (χ2n) is 8.77. The summed E-state index contributed by atoms with van der Waals surface area (Å²) in [6.45, 7) is 4.28. The van der Waals surface area contributed by atoms with Crippen LogP contribution in [0.15, 0.2) is 48.9 Å². The molecular formula is C26H29F6N3O8. The van der Waals surface area contributed by atoms with Gasteiger partial charge in [0.25, 0.3) is 0 Å². The number of aliphatic hydroxyl groups is 1. The molecule has 0 amide bonds. The van der Waals surface area contributed by atoms with Gasteiger partial charge in [0.05, 0.1) is 11.6 Å². The fourth-order valence-corrected chi connectivity index (χ4v) is 3.32. The van der Waals surface area contributed by atoms with Gasteiger partial charge in [-0.05, 0) is 37.5 Å². The van der Waals surface area contributed by atoms with Crippen LogP contribution in [0.2, 0.25) is 0 Å². The minimum absolute atomic E-state index is 0.132. The second kappa shape index (κ2) is 16.3. The van der Waals surface area contributed by atoms with Crippen molar-refractivity contribution in [1.82, 2.24) is 15.3 Å². The van der Waals surface area contributed by atoms with Crippen molar-refractivity contribution in [3.8, 4) is 5.75 Å². The van der Waals surface area contributed by atoms with E-state index in [-0.39, 0.29) is 6.04 Å². The van der Waals surface area contributed by atoms with Crippen molar-refractivity contribution in [2.24, 2.45) is 0 Å². The number of hydrogen-bond acceptors (Lipinski definition) is 7. The number of aromatic amines is 1. The molecule has 17 heteroatoms. The first-order valence-corrected chi connectivity index (χ1v) is 12.3. The van der Waals surface area contributed by atoms with Gasteiger partial charge in [-0.1, -0.05) is 25.1 Å². The predicted octanol–water partition coefficient (Wildman–Crippen LogP) is 4.33. The summed E-state index contributed by atoms with van der Waals surface area (Å²) in [5, 5.41) is 38.1. The minimum Gasteiger partial charge on any atom is -0.479 e. The zero-order valence-corrected chi connectivity index (χ0v) is 22.6. The number of para-hydroxylation sites is 1. The van der Waals surface area contributed by atoms with Gasteiger partial charge in [-0.25, -0.2) is 14.4 Å². The van der Waals surface area contributed by atoms with Crippen LogP contribution in [0.1, 0.15) is 37.5 Å². The van der Waals surface area contributed by atoms with E-state index in [9.17, 15) is 41.4 Å². The molecule has 238 valence electrons. The summed E-state index contributed by atoms with van der Waals surface area (Å²) < 4.78 is 69.2. The first kappa shape index (κ1) is 36.6. The van der Waals surface area contributed by atoms with Crippen LogP contribution in [0.5, 0.6) is 5.75 Å². The number of H-pyrrole nitrogens is 1. The standard InChI is InChI=1S/C22H27N3O4.2C2HF3O2/c1-3-19(22(27)28)29-20-8-4-7-17-16(12-25-21(17)20)10-14(2)24-13-18(26)15-6-5-9-23-11-15;2*3-2(4,5)1(6)7/h4-9,11-12,14,18-19,24-26H,3,10,13H2,1-2H3,(H,27,28);2*(H,6,7)/t14?,18-,19?;;/m0../s1. The molecule has 0 spiro atoms. The highest BCUT2D eigenvalue weighted by atomic mass is 19.4. The molecule has 0 bridgehead atoms. The first-order valence-electron chi connectivity index (χ1n) is 12.3. The molecule has 3 aromatic rings. The van der Waals surface area contributed by atoms with Gasteiger partial charge in [-0.2, -0.15) is 26.3 Å². The molecule has 1 aromatic carbocycles. The Kier molecular flexibility index (Phi) is 13.9. The number of fused-ring (bicyclic) bond motifs is 1. The number of benzene rings is 1. The molecule has 0 fully saturated rings. The Morgan fingerprint density at radius 2 is 1.58 bits per heavy atom. The van der Waals surface area contributed by atoms with Crippen LogP contribution in [0.4, 0.5) is 26.3 Å². The van der Waals surface area contributed by atoms with Gasteiger partial charge >= 0.3 is 30.3 Å². The molecule has 0 aliphatic carbocycles. The van der Waals surface area contributed by atoms with E-state index < -0.39 is 42.5 Å². The number of nitrogens with one attached hydrogen (secondary N) is 2. The lowest BCUT2D eigenvalue weighted by Crippen LogP contribution is -2.32. The number of pyridine rings is 1. The topological polar surface area (TPSA) is 182 Å². The van der Waals surface area contributed by atoms with Gasteiger partial charge in [0, 0.05) is 42.1 Å². The van der Waals surface area contributed by atoms with Crippen molar-refractivity contribution < 1.29 is 65.9 Å². The third kappa shape index (κ3) is 12.6. The van der Waals surface area contributed by atoms with E-state index in [4.69, 9.17) is 24.5 Å². The highest BCUT2D eigenvalue weighted by molar-refractivity contribution is 5.88. The van der Waals surface area contributed by atoms with Crippen molar-refractivity contribution in [2.75, 3.05) is 6.54 Å². The van der Waals surface area contributed by atoms with Crippen molar-refractivity contribution in [3.05, 3.63) is 60.0 Å². The van der Waals surface area contributed by atoms with Crippen LogP contribution in [-0.2, 0) is 20.8 Å². The Labute approximate surface area is 240 Å². The molecule has 6 N–H and O–H groups in total. The van der Waals surface area contributed by atoms with Crippen LogP contribution < -0.4 is 10.1 Å². The van der Waals surface area contributed by atoms with Gasteiger partial charge in [-0.15, -0.1) is 0 Å². The summed E-state index contributed by atoms with van der Waals surface area (Å²) >= 11 is 0. The number of alkyl halides is 6. The van der Waals surface area contributed by atoms with Gasteiger partial charge in [0.2, 0.25) is 0 Å². The van der Waals surface area contributed by atoms with Crippen LogP contribution in [0.3, 0.4) is 0 Å². The number of halogens is 6. The van der Waals surface area contributed by atoms with E-state index in [1.54, 1.807) is 31.5 Å². The van der Waals surface area contributed by atoms with Gasteiger partial charge in [0.1, 0.15) is 5.75 Å². The van der Waals surface area contributed by atoms with Crippen molar-refractivity contribution in [3.63, 3.8) is 0 Å². The fraction of sp³-hybridized carbons (Fsp3) is 0.385. The zero-order valence-electron chi connectivity index (χ0n) is 22.6. The summed E-state index contributed by atoms with van der Waals surface area (Å²) in [6.07, 6.45) is -5.24. The second-order valence-corrected chi connectivity index (χ2v) is 8.77. The lowest BCUT2D eigenvalue weighted by atomic mass is 10.1. The number of carboxylic acid groups (broad SMARTS) is 3. The van der Waals surface area contributed by atoms with Crippen LogP contribution in [0.25, 0.3) is 10.9 Å². The molecule has 2 heterocycles. The molecule has 3 rings (SSSR count). The Balaban J connectivity index is 0.000000548. The van der Waals surface area contributed by atoms with E-state index in [0.717, 1.165) is 28.5 Å². The van der Waals surface area contributed by atoms with E-state index in [2.05, 4.69) is 22.2 Å². The number of nitrogens with zero attached hydrogens (tertiary/aromatic N) is 1. The lowest BCUT2D eigenvalue weighted by Gasteiger charge is -2.17. The number of aliphatic hydroxyl groups excluding tert-OH is 1. The van der Waals surface area contributed by atoms with Crippen LogP contribution >= 0.6 is 0 Å². The Morgan fingerprint density at radius 3 is 2.05 bits per heavy atom. The largest absolute Gasteiger partial charge is 0.490 e. The summed E-state index contributed by atoms with van der Waals surface area (Å²) in [7, 11) is 0. The Hall–Kier alpha value is -4.38. The number of aliphatic carboxylic acids is 3. The SMILES string of the molecule is CCC(Oc1cccc2c(CC(C)NC[C@H](O)c3cccnc3)c[nH]c12)C(=O)O.O=C(O)C(F)(F)F.O=C(O)C(F)(F)F. The maximum atomic E-state index is 11.3. The highest BCUT2D eigenvalue weighted by Crippen LogP contribution is 2.29. The van der Waals surface area contributed by atoms with E-state index in [1.165, 1.54) is 0 Å². The van der Waals surface area contributed by atoms with Gasteiger partial charge in [-0.3, -0.25) is 4.98 Å². The van der Waals surface area contributed by atoms with Crippen molar-refractivity contribution >= 4 is 28.8 Å². The lowest BCUT2D eigenvalue weighted by molar-refractivity contribution is -0.193. The number of carbonyl (C=O) groups is 3. The van der Waals surface area contributed by atoms with Crippen molar-refractivity contribution in [1.29, 1.82) is 0 Å². The van der Waals surface area contributed by atoms with E-state index in [1.807, 2.05) is 24.4 Å². The summed E-state index contributed by atoms with van der Waals surface area (Å²) in [4.78, 5) is 36.3. The summed E-state index contributed by atoms with van der Waals surface area (Å²) in [6, 6.07) is 9.43. The number of rotatable bonds is 10. The quantitative estimate of drug-likeness (QED) is 0.178. The molecule has 43 heavy (non-hydrogen) atoms.